The van der Waals surface area contributed by atoms with Gasteiger partial charge in [0, 0.05) is 0 Å². The fraction of sp³-hybridized carbons (Fsp3) is 0.455. The molecule has 0 aromatic heterocycles. The Morgan fingerprint density at radius 1 is 0.727 bits per heavy atom. The van der Waals surface area contributed by atoms with Gasteiger partial charge in [-0.15, -0.1) is 0 Å². The molecule has 0 bridgehead atoms. The van der Waals surface area contributed by atoms with Crippen molar-refractivity contribution in [3.05, 3.63) is 71.3 Å². The molecule has 22 heavy (non-hydrogen) atoms. The van der Waals surface area contributed by atoms with Crippen LogP contribution in [0.4, 0.5) is 0 Å². The summed E-state index contributed by atoms with van der Waals surface area (Å²) in [6, 6.07) is 20.1. The van der Waals surface area contributed by atoms with Crippen molar-refractivity contribution in [3.63, 3.8) is 0 Å². The first-order chi connectivity index (χ1) is 10.7. The first-order valence-electron chi connectivity index (χ1n) is 8.80. The van der Waals surface area contributed by atoms with Gasteiger partial charge in [0.25, 0.3) is 0 Å². The molecule has 0 aliphatic carbocycles. The highest BCUT2D eigenvalue weighted by molar-refractivity contribution is 5.35. The minimum absolute atomic E-state index is 0.609. The van der Waals surface area contributed by atoms with Gasteiger partial charge in [-0.1, -0.05) is 88.7 Å². The molecule has 0 heteroatoms. The molecule has 0 saturated heterocycles. The Balaban J connectivity index is 2.38. The van der Waals surface area contributed by atoms with Gasteiger partial charge in [-0.3, -0.25) is 0 Å². The van der Waals surface area contributed by atoms with Crippen LogP contribution in [0, 0.1) is 5.92 Å². The topological polar surface area (TPSA) is 0 Å². The molecule has 0 heterocycles. The average molecular weight is 294 g/mol. The second-order valence-corrected chi connectivity index (χ2v) is 6.62. The van der Waals surface area contributed by atoms with Crippen LogP contribution in [0.1, 0.15) is 69.1 Å². The van der Waals surface area contributed by atoms with Gasteiger partial charge in [-0.2, -0.15) is 0 Å². The monoisotopic (exact) mass is 294 g/mol. The van der Waals surface area contributed by atoms with Crippen molar-refractivity contribution >= 4 is 0 Å². The number of rotatable bonds is 7. The van der Waals surface area contributed by atoms with E-state index in [0.717, 1.165) is 6.42 Å². The summed E-state index contributed by atoms with van der Waals surface area (Å²) in [5.74, 6) is 1.95. The Kier molecular flexibility index (Phi) is 6.24. The Hall–Kier alpha value is -1.56. The lowest BCUT2D eigenvalue weighted by Crippen LogP contribution is -2.15. The van der Waals surface area contributed by atoms with E-state index in [1.165, 1.54) is 18.4 Å². The zero-order chi connectivity index (χ0) is 15.9. The molecule has 0 saturated carbocycles. The van der Waals surface area contributed by atoms with Crippen LogP contribution >= 0.6 is 0 Å². The van der Waals surface area contributed by atoms with E-state index in [0.29, 0.717) is 17.8 Å². The summed E-state index contributed by atoms with van der Waals surface area (Å²) < 4.78 is 0. The van der Waals surface area contributed by atoms with Crippen LogP contribution in [-0.4, -0.2) is 0 Å². The van der Waals surface area contributed by atoms with Crippen LogP contribution in [-0.2, 0) is 6.42 Å². The fourth-order valence-electron chi connectivity index (χ4n) is 3.29. The lowest BCUT2D eigenvalue weighted by atomic mass is 9.77. The molecule has 0 spiro atoms. The average Bonchev–Trinajstić information content (AvgIpc) is 2.59. The quantitative estimate of drug-likeness (QED) is 0.541. The predicted octanol–water partition coefficient (Wildman–Crippen LogP) is 6.57. The predicted molar refractivity (Wildman–Crippen MR) is 97.5 cm³/mol. The van der Waals surface area contributed by atoms with Gasteiger partial charge < -0.3 is 0 Å². The first-order valence-corrected chi connectivity index (χ1v) is 8.80. The fourth-order valence-corrected chi connectivity index (χ4v) is 3.29. The van der Waals surface area contributed by atoms with Crippen LogP contribution in [0.25, 0.3) is 0 Å². The Morgan fingerprint density at radius 2 is 1.32 bits per heavy atom. The van der Waals surface area contributed by atoms with Crippen molar-refractivity contribution in [2.24, 2.45) is 5.92 Å². The van der Waals surface area contributed by atoms with Gasteiger partial charge in [-0.25, -0.2) is 0 Å². The maximum Gasteiger partial charge on any atom is -0.00930 e. The molecule has 2 aromatic carbocycles. The van der Waals surface area contributed by atoms with E-state index in [1.807, 2.05) is 0 Å². The van der Waals surface area contributed by atoms with Crippen molar-refractivity contribution in [2.75, 3.05) is 0 Å². The van der Waals surface area contributed by atoms with Crippen molar-refractivity contribution in [2.45, 2.75) is 58.8 Å². The van der Waals surface area contributed by atoms with Gasteiger partial charge in [-0.05, 0) is 47.3 Å². The lowest BCUT2D eigenvalue weighted by molar-refractivity contribution is 0.438. The molecule has 118 valence electrons. The van der Waals surface area contributed by atoms with E-state index < -0.39 is 0 Å². The molecule has 3 unspecified atom stereocenters. The van der Waals surface area contributed by atoms with Gasteiger partial charge >= 0.3 is 0 Å². The molecular formula is C22H30. The Bertz CT molecular complexity index is 555. The van der Waals surface area contributed by atoms with Gasteiger partial charge in [0.05, 0.1) is 0 Å². The van der Waals surface area contributed by atoms with Crippen molar-refractivity contribution in [1.29, 1.82) is 0 Å². The Labute approximate surface area is 136 Å². The molecule has 0 fully saturated rings. The molecule has 0 amide bonds. The van der Waals surface area contributed by atoms with Crippen LogP contribution in [0.15, 0.2) is 54.6 Å². The smallest absolute Gasteiger partial charge is 0.00930 e. The lowest BCUT2D eigenvalue weighted by Gasteiger charge is -2.28. The summed E-state index contributed by atoms with van der Waals surface area (Å²) in [7, 11) is 0. The van der Waals surface area contributed by atoms with Crippen LogP contribution in [0.3, 0.4) is 0 Å². The van der Waals surface area contributed by atoms with Gasteiger partial charge in [0.15, 0.2) is 0 Å². The van der Waals surface area contributed by atoms with Crippen LogP contribution < -0.4 is 0 Å². The Morgan fingerprint density at radius 3 is 1.91 bits per heavy atom. The van der Waals surface area contributed by atoms with Gasteiger partial charge in [0.2, 0.25) is 0 Å². The molecule has 0 nitrogen and oxygen atoms in total. The molecule has 0 aliphatic rings. The van der Waals surface area contributed by atoms with Gasteiger partial charge in [0.1, 0.15) is 0 Å². The van der Waals surface area contributed by atoms with Crippen molar-refractivity contribution < 1.29 is 0 Å². The molecule has 2 rings (SSSR count). The SMILES string of the molecule is CCC(C)c1ccccc1C(Cc1ccccc1)C(C)CC. The number of benzene rings is 2. The third kappa shape index (κ3) is 4.00. The minimum atomic E-state index is 0.609. The number of hydrogen-bond donors (Lipinski definition) is 0. The summed E-state index contributed by atoms with van der Waals surface area (Å²) in [4.78, 5) is 0. The van der Waals surface area contributed by atoms with E-state index in [1.54, 1.807) is 11.1 Å². The largest absolute Gasteiger partial charge is 0.0651 e. The maximum atomic E-state index is 2.40. The third-order valence-corrected chi connectivity index (χ3v) is 5.17. The third-order valence-electron chi connectivity index (χ3n) is 5.17. The van der Waals surface area contributed by atoms with Crippen molar-refractivity contribution in [1.82, 2.24) is 0 Å². The zero-order valence-electron chi connectivity index (χ0n) is 14.5. The molecule has 0 N–H and O–H groups in total. The van der Waals surface area contributed by atoms with Crippen LogP contribution in [0.5, 0.6) is 0 Å². The highest BCUT2D eigenvalue weighted by atomic mass is 14.3. The molecule has 3 atom stereocenters. The highest BCUT2D eigenvalue weighted by Gasteiger charge is 2.22. The van der Waals surface area contributed by atoms with Crippen molar-refractivity contribution in [3.8, 4) is 0 Å². The highest BCUT2D eigenvalue weighted by Crippen LogP contribution is 2.36. The standard InChI is InChI=1S/C22H30/c1-5-17(3)20-14-10-11-15-21(20)22(18(4)6-2)16-19-12-8-7-9-13-19/h7-15,17-18,22H,5-6,16H2,1-4H3. The van der Waals surface area contributed by atoms with Crippen LogP contribution in [0.2, 0.25) is 0 Å². The first kappa shape index (κ1) is 16.8. The van der Waals surface area contributed by atoms with E-state index in [4.69, 9.17) is 0 Å². The normalized spacial score (nSPS) is 15.3. The molecular weight excluding hydrogens is 264 g/mol. The minimum Gasteiger partial charge on any atom is -0.0651 e. The number of hydrogen-bond acceptors (Lipinski definition) is 0. The maximum absolute atomic E-state index is 2.40. The molecule has 0 radical (unpaired) electrons. The summed E-state index contributed by atoms with van der Waals surface area (Å²) in [5, 5.41) is 0. The van der Waals surface area contributed by atoms with E-state index in [-0.39, 0.29) is 0 Å². The molecule has 2 aromatic rings. The van der Waals surface area contributed by atoms with E-state index in [2.05, 4.69) is 82.3 Å². The summed E-state index contributed by atoms with van der Waals surface area (Å²) in [6.45, 7) is 9.36. The van der Waals surface area contributed by atoms with E-state index in [9.17, 15) is 0 Å². The molecule has 0 aliphatic heterocycles. The second-order valence-electron chi connectivity index (χ2n) is 6.62. The summed E-state index contributed by atoms with van der Waals surface area (Å²) in [6.07, 6.45) is 3.57. The summed E-state index contributed by atoms with van der Waals surface area (Å²) >= 11 is 0. The summed E-state index contributed by atoms with van der Waals surface area (Å²) in [5.41, 5.74) is 4.56. The zero-order valence-corrected chi connectivity index (χ0v) is 14.5. The second kappa shape index (κ2) is 8.17. The van der Waals surface area contributed by atoms with E-state index >= 15 is 0 Å².